The molecule has 5 aliphatic heterocycles. The highest BCUT2D eigenvalue weighted by atomic mass is 16.7. The summed E-state index contributed by atoms with van der Waals surface area (Å²) in [5, 5.41) is 47.3. The number of anilines is 1. The molecule has 11 N–H and O–H groups in total. The summed E-state index contributed by atoms with van der Waals surface area (Å²) >= 11 is 0. The fraction of sp³-hybridized carbons (Fsp3) is 0.588. The smallest absolute Gasteiger partial charge is 0.327 e. The molecular formula is C51H76N8O10. The van der Waals surface area contributed by atoms with Crippen LogP contribution < -0.4 is 38.1 Å². The number of nitrogens with zero attached hydrogens (tertiary/aromatic N) is 4. The van der Waals surface area contributed by atoms with Gasteiger partial charge in [0, 0.05) is 80.8 Å². The molecule has 4 unspecified atom stereocenters. The minimum atomic E-state index is -1.92. The van der Waals surface area contributed by atoms with Gasteiger partial charge in [-0.05, 0) is 70.3 Å². The lowest BCUT2D eigenvalue weighted by Gasteiger charge is -2.36. The second-order valence-electron chi connectivity index (χ2n) is 20.5. The topological polar surface area (TPSA) is 281 Å². The zero-order valence-corrected chi connectivity index (χ0v) is 42.4. The van der Waals surface area contributed by atoms with Crippen LogP contribution >= 0.6 is 0 Å². The van der Waals surface area contributed by atoms with Crippen molar-refractivity contribution in [1.29, 1.82) is 0 Å². The number of likely N-dealkylation sites (tertiary alicyclic amines) is 1. The summed E-state index contributed by atoms with van der Waals surface area (Å²) in [4.78, 5) is 54.9. The molecule has 0 saturated carbocycles. The van der Waals surface area contributed by atoms with Crippen molar-refractivity contribution in [3.8, 4) is 17.2 Å². The second-order valence-corrected chi connectivity index (χ2v) is 20.5. The van der Waals surface area contributed by atoms with Gasteiger partial charge in [0.05, 0.1) is 34.2 Å². The molecule has 18 heteroatoms. The van der Waals surface area contributed by atoms with Crippen molar-refractivity contribution in [3.63, 3.8) is 0 Å². The molecule has 2 aromatic rings. The first kappa shape index (κ1) is 54.4. The number of hydrazine groups is 1. The Morgan fingerprint density at radius 1 is 1.06 bits per heavy atom. The van der Waals surface area contributed by atoms with Crippen molar-refractivity contribution in [2.45, 2.75) is 131 Å². The van der Waals surface area contributed by atoms with Crippen LogP contribution in [0, 0.1) is 36.5 Å². The molecule has 5 heterocycles. The number of hydrogen-bond acceptors (Lipinski definition) is 17. The largest absolute Gasteiger partial charge is 0.507 e. The SMILES string of the molecule is C/C1=C/C=C/C(C)C[C@@H](C)C(O)[C@@H](C)C(OC(=O)CN(N)/C=C(\N)C(C)(C)N)[C@H](C)C/C=C/OC2(C)Oc3c(C)c(O)c4c(O)c(c5c(c4c3C2=O)=NC2(CCN(CC(C)C)CC2)N=5)NC1=O.CO. The van der Waals surface area contributed by atoms with E-state index in [1.807, 2.05) is 33.8 Å². The predicted molar refractivity (Wildman–Crippen MR) is 264 cm³/mol. The van der Waals surface area contributed by atoms with Crippen LogP contribution in [0.2, 0.25) is 0 Å². The summed E-state index contributed by atoms with van der Waals surface area (Å²) in [5.74, 6) is 0.985. The zero-order valence-electron chi connectivity index (χ0n) is 42.4. The first-order valence-electron chi connectivity index (χ1n) is 23.9. The Hall–Kier alpha value is -5.53. The van der Waals surface area contributed by atoms with Crippen LogP contribution in [-0.2, 0) is 19.1 Å². The number of nitrogens with one attached hydrogen (secondary N) is 1. The second kappa shape index (κ2) is 21.6. The molecule has 0 radical (unpaired) electrons. The number of allylic oxidation sites excluding steroid dienone is 4. The number of esters is 1. The van der Waals surface area contributed by atoms with Crippen LogP contribution in [0.15, 0.2) is 58.0 Å². The van der Waals surface area contributed by atoms with E-state index >= 15 is 0 Å². The molecule has 69 heavy (non-hydrogen) atoms. The van der Waals surface area contributed by atoms with Gasteiger partial charge in [-0.2, -0.15) is 0 Å². The van der Waals surface area contributed by atoms with Gasteiger partial charge in [0.25, 0.3) is 11.7 Å². The Kier molecular flexibility index (Phi) is 17.1. The third-order valence-corrected chi connectivity index (χ3v) is 13.5. The number of ether oxygens (including phenoxy) is 3. The van der Waals surface area contributed by atoms with Gasteiger partial charge in [0.1, 0.15) is 35.2 Å². The summed E-state index contributed by atoms with van der Waals surface area (Å²) in [6, 6.07) is 0. The average molecular weight is 961 g/mol. The number of carbonyl (C=O) groups excluding carboxylic acids is 3. The highest BCUT2D eigenvalue weighted by Crippen LogP contribution is 2.50. The van der Waals surface area contributed by atoms with Crippen molar-refractivity contribution in [3.05, 3.63) is 69.9 Å². The van der Waals surface area contributed by atoms with Crippen LogP contribution in [0.4, 0.5) is 5.69 Å². The summed E-state index contributed by atoms with van der Waals surface area (Å²) in [6.07, 6.45) is 10.1. The number of fused-ring (bicyclic) bond motifs is 13. The van der Waals surface area contributed by atoms with E-state index in [9.17, 15) is 29.7 Å². The van der Waals surface area contributed by atoms with E-state index in [0.717, 1.165) is 18.7 Å². The Morgan fingerprint density at radius 2 is 1.70 bits per heavy atom. The van der Waals surface area contributed by atoms with Crippen molar-refractivity contribution < 1.29 is 49.0 Å². The van der Waals surface area contributed by atoms with E-state index in [2.05, 4.69) is 24.1 Å². The first-order chi connectivity index (χ1) is 32.3. The third-order valence-electron chi connectivity index (χ3n) is 13.5. The number of Topliss-reactive ketones (excluding diaryl/α,β-unsaturated/α-hetero) is 1. The van der Waals surface area contributed by atoms with Crippen LogP contribution in [0.5, 0.6) is 17.2 Å². The highest BCUT2D eigenvalue weighted by Gasteiger charge is 2.50. The third kappa shape index (κ3) is 11.7. The number of ketones is 1. The average Bonchev–Trinajstić information content (AvgIpc) is 3.78. The van der Waals surface area contributed by atoms with Crippen molar-refractivity contribution >= 4 is 34.1 Å². The standard InChI is InChI=1S/C50H72N8O9.CH4O/c1-26(2)23-57-19-17-50(18-20-57)55-38-35-36-42(61)32(8)45-37(35)46(63)49(11,67-45)65-21-13-16-28(4)44(66-34(59)25-58(53)24-33(51)48(9,10)52)31(7)41(60)30(6)22-27(3)14-12-15-29(5)47(64)54-40(43(36)62)39(38)56-50;1-2/h12-15,21,24,26-28,30-31,41,44,60-62H,16-20,22-23,25,51-53H2,1-11H3,(H,54,64);2H,1H3/b14-12+,21-13+,29-15-,33-24-;/t27?,28-,30-,31-,41?,44?,49?;/m1./s1. The Labute approximate surface area is 405 Å². The van der Waals surface area contributed by atoms with E-state index in [1.165, 1.54) is 19.4 Å². The fourth-order valence-electron chi connectivity index (χ4n) is 9.53. The fourth-order valence-corrected chi connectivity index (χ4v) is 9.53. The summed E-state index contributed by atoms with van der Waals surface area (Å²) in [5.41, 5.74) is 11.2. The molecule has 1 amide bonds. The Balaban J connectivity index is 0.00000438. The van der Waals surface area contributed by atoms with Crippen molar-refractivity contribution in [2.24, 2.45) is 56.9 Å². The van der Waals surface area contributed by atoms with Crippen LogP contribution in [0.3, 0.4) is 0 Å². The number of hydrogen-bond donors (Lipinski definition) is 8. The van der Waals surface area contributed by atoms with Gasteiger partial charge in [-0.25, -0.2) is 5.84 Å². The van der Waals surface area contributed by atoms with Crippen molar-refractivity contribution in [1.82, 2.24) is 9.91 Å². The number of phenols is 2. The van der Waals surface area contributed by atoms with E-state index in [1.54, 1.807) is 45.9 Å². The molecule has 0 aliphatic carbocycles. The monoisotopic (exact) mass is 961 g/mol. The first-order valence-corrected chi connectivity index (χ1v) is 23.9. The molecule has 2 aromatic carbocycles. The van der Waals surface area contributed by atoms with E-state index < -0.39 is 58.5 Å². The van der Waals surface area contributed by atoms with Gasteiger partial charge in [0.2, 0.25) is 0 Å². The Morgan fingerprint density at radius 3 is 2.32 bits per heavy atom. The number of amides is 1. The minimum Gasteiger partial charge on any atom is -0.507 e. The molecule has 7 atom stereocenters. The van der Waals surface area contributed by atoms with Gasteiger partial charge in [-0.3, -0.25) is 24.4 Å². The van der Waals surface area contributed by atoms with E-state index in [0.29, 0.717) is 50.3 Å². The maximum Gasteiger partial charge on any atom is 0.327 e. The molecule has 380 valence electrons. The number of benzene rings is 2. The van der Waals surface area contributed by atoms with Gasteiger partial charge in [0.15, 0.2) is 11.4 Å². The highest BCUT2D eigenvalue weighted by molar-refractivity contribution is 6.19. The molecule has 1 fully saturated rings. The molecule has 7 rings (SSSR count). The molecule has 0 aromatic heterocycles. The summed E-state index contributed by atoms with van der Waals surface area (Å²) in [7, 11) is 1.00. The molecule has 5 aliphatic rings. The number of aliphatic hydroxyl groups excluding tert-OH is 2. The minimum absolute atomic E-state index is 0.0205. The molecule has 1 saturated heterocycles. The van der Waals surface area contributed by atoms with Crippen LogP contribution in [0.1, 0.15) is 111 Å². The number of phenolic OH excluding ortho intramolecular Hbond substituents is 2. The van der Waals surface area contributed by atoms with Crippen molar-refractivity contribution in [2.75, 3.05) is 38.6 Å². The number of rotatable bonds is 7. The maximum absolute atomic E-state index is 14.8. The van der Waals surface area contributed by atoms with Gasteiger partial charge < -0.3 is 61.3 Å². The van der Waals surface area contributed by atoms with Gasteiger partial charge in [-0.15, -0.1) is 0 Å². The van der Waals surface area contributed by atoms with Gasteiger partial charge >= 0.3 is 11.8 Å². The summed E-state index contributed by atoms with van der Waals surface area (Å²) < 4.78 is 18.5. The molecule has 1 spiro atoms. The number of carbonyl (C=O) groups is 3. The van der Waals surface area contributed by atoms with Crippen LogP contribution in [-0.4, -0.2) is 110 Å². The molecular weight excluding hydrogens is 885 g/mol. The lowest BCUT2D eigenvalue weighted by Crippen LogP contribution is -2.44. The number of piperidine rings is 1. The summed E-state index contributed by atoms with van der Waals surface area (Å²) in [6.45, 7) is 22.1. The van der Waals surface area contributed by atoms with E-state index in [-0.39, 0.29) is 79.8 Å². The van der Waals surface area contributed by atoms with Gasteiger partial charge in [-0.1, -0.05) is 59.8 Å². The molecule has 5 bridgehead atoms. The number of nitrogens with two attached hydrogens (primary N) is 3. The lowest BCUT2D eigenvalue weighted by atomic mass is 9.80. The normalized spacial score (nSPS) is 28.3. The predicted octanol–water partition coefficient (Wildman–Crippen LogP) is 4.46. The zero-order chi connectivity index (χ0) is 51.5. The molecule has 18 nitrogen and oxygen atoms in total. The number of aliphatic hydroxyl groups is 2. The number of aromatic hydroxyl groups is 2. The quantitative estimate of drug-likeness (QED) is 0.0824. The van der Waals surface area contributed by atoms with Crippen LogP contribution in [0.25, 0.3) is 10.8 Å². The van der Waals surface area contributed by atoms with E-state index in [4.69, 9.17) is 46.6 Å². The Bertz CT molecular complexity index is 2520. The maximum atomic E-state index is 14.8. The lowest BCUT2D eigenvalue weighted by molar-refractivity contribution is -0.159.